The van der Waals surface area contributed by atoms with Gasteiger partial charge in [-0.2, -0.15) is 0 Å². The number of nitrogens with one attached hydrogen (secondary N) is 1. The largest absolute Gasteiger partial charge is 0.489 e. The minimum absolute atomic E-state index is 0.0111. The predicted molar refractivity (Wildman–Crippen MR) is 124 cm³/mol. The first-order valence-corrected chi connectivity index (χ1v) is 11.3. The fraction of sp³-hybridized carbons (Fsp3) is 0.346. The number of hydrogen-bond acceptors (Lipinski definition) is 5. The van der Waals surface area contributed by atoms with Gasteiger partial charge in [0.25, 0.3) is 5.91 Å². The van der Waals surface area contributed by atoms with Crippen molar-refractivity contribution >= 4 is 17.7 Å². The van der Waals surface area contributed by atoms with Gasteiger partial charge in [-0.15, -0.1) is 0 Å². The molecule has 1 unspecified atom stereocenters. The van der Waals surface area contributed by atoms with E-state index in [1.54, 1.807) is 40.1 Å². The van der Waals surface area contributed by atoms with Gasteiger partial charge in [-0.3, -0.25) is 14.4 Å². The first-order valence-electron chi connectivity index (χ1n) is 12.3. The van der Waals surface area contributed by atoms with E-state index in [9.17, 15) is 14.4 Å². The highest BCUT2D eigenvalue weighted by Gasteiger charge is 2.39. The van der Waals surface area contributed by atoms with Crippen molar-refractivity contribution in [1.29, 1.82) is 0 Å². The third-order valence-electron chi connectivity index (χ3n) is 6.34. The molecule has 0 aliphatic carbocycles. The van der Waals surface area contributed by atoms with E-state index in [-0.39, 0.29) is 49.6 Å². The second-order valence-electron chi connectivity index (χ2n) is 8.65. The van der Waals surface area contributed by atoms with Gasteiger partial charge >= 0.3 is 0 Å². The molecule has 3 amide bonds. The summed E-state index contributed by atoms with van der Waals surface area (Å²) in [7, 11) is 0. The molecule has 0 spiro atoms. The lowest BCUT2D eigenvalue weighted by atomic mass is 10.0. The van der Waals surface area contributed by atoms with Gasteiger partial charge in [-0.05, 0) is 36.1 Å². The van der Waals surface area contributed by atoms with Crippen LogP contribution in [0.4, 0.5) is 0 Å². The van der Waals surface area contributed by atoms with Gasteiger partial charge in [0.15, 0.2) is 0 Å². The van der Waals surface area contributed by atoms with E-state index in [0.29, 0.717) is 66.2 Å². The van der Waals surface area contributed by atoms with Gasteiger partial charge in [-0.1, -0.05) is 36.9 Å². The molecule has 0 bridgehead atoms. The summed E-state index contributed by atoms with van der Waals surface area (Å²) in [6.07, 6.45) is 1.14. The molecule has 2 aromatic carbocycles. The summed E-state index contributed by atoms with van der Waals surface area (Å²) in [5.41, 5.74) is 2.97. The van der Waals surface area contributed by atoms with Gasteiger partial charge in [0.2, 0.25) is 11.8 Å². The van der Waals surface area contributed by atoms with Crippen molar-refractivity contribution in [3.8, 4) is 5.75 Å². The van der Waals surface area contributed by atoms with Crippen molar-refractivity contribution < 1.29 is 26.6 Å². The van der Waals surface area contributed by atoms with E-state index in [2.05, 4.69) is 11.9 Å². The Kier molecular flexibility index (Phi) is 5.42. The number of ether oxygens (including phenoxy) is 2. The van der Waals surface area contributed by atoms with Crippen LogP contribution in [0.25, 0.3) is 0 Å². The second kappa shape index (κ2) is 9.30. The summed E-state index contributed by atoms with van der Waals surface area (Å²) in [6, 6.07) is 8.25. The summed E-state index contributed by atoms with van der Waals surface area (Å²) < 4.78 is 28.0. The lowest BCUT2D eigenvalue weighted by molar-refractivity contribution is -0.143. The number of allylic oxidation sites excluding steroid dienone is 1. The Bertz CT molecular complexity index is 1240. The smallest absolute Gasteiger partial charge is 0.255 e. The maximum Gasteiger partial charge on any atom is 0.255 e. The van der Waals surface area contributed by atoms with Crippen molar-refractivity contribution in [3.63, 3.8) is 0 Å². The highest BCUT2D eigenvalue weighted by molar-refractivity contribution is 6.02. The summed E-state index contributed by atoms with van der Waals surface area (Å²) in [5, 5.41) is 2.73. The molecule has 8 nitrogen and oxygen atoms in total. The Labute approximate surface area is 200 Å². The second-order valence-corrected chi connectivity index (χ2v) is 8.65. The maximum atomic E-state index is 13.1. The Morgan fingerprint density at radius 1 is 1.18 bits per heavy atom. The molecule has 2 aromatic rings. The molecule has 0 radical (unpaired) electrons. The standard InChI is InChI=1S/C26H27N3O5/c1-17-5-10-22(25(31)27-17)29-14-21-20(26(29)32)3-2-4-23(21)34-15-19-8-6-18(7-9-19)13-28-11-12-33-16-24(28)30/h2-4,6-9,22H,1,5,10-16H2,(H,27,31)/i8D,9D. The molecule has 2 saturated heterocycles. The molecule has 34 heavy (non-hydrogen) atoms. The van der Waals surface area contributed by atoms with Gasteiger partial charge in [0, 0.05) is 29.9 Å². The van der Waals surface area contributed by atoms with Gasteiger partial charge in [0.1, 0.15) is 25.0 Å². The van der Waals surface area contributed by atoms with Crippen LogP contribution in [0.5, 0.6) is 5.75 Å². The fourth-order valence-corrected chi connectivity index (χ4v) is 4.48. The van der Waals surface area contributed by atoms with E-state index >= 15 is 0 Å². The van der Waals surface area contributed by atoms with Crippen LogP contribution >= 0.6 is 0 Å². The molecule has 1 atom stereocenters. The summed E-state index contributed by atoms with van der Waals surface area (Å²) in [6.45, 7) is 5.37. The van der Waals surface area contributed by atoms with E-state index < -0.39 is 6.04 Å². The molecule has 3 aliphatic rings. The number of amides is 3. The van der Waals surface area contributed by atoms with Crippen LogP contribution in [0.2, 0.25) is 0 Å². The SMILES string of the molecule is [2H]c1cc(CN2CCOCC2=O)cc([2H])c1COc1cccc2c1CN(C1CCC(=C)NC1=O)C2=O. The van der Waals surface area contributed by atoms with Crippen LogP contribution in [-0.2, 0) is 34.0 Å². The third-order valence-corrected chi connectivity index (χ3v) is 6.34. The zero-order valence-corrected chi connectivity index (χ0v) is 18.8. The average molecular weight is 464 g/mol. The van der Waals surface area contributed by atoms with Crippen molar-refractivity contribution in [2.75, 3.05) is 19.8 Å². The van der Waals surface area contributed by atoms with Crippen molar-refractivity contribution in [1.82, 2.24) is 15.1 Å². The molecular weight excluding hydrogens is 434 g/mol. The molecule has 3 heterocycles. The molecular formula is C26H27N3O5. The number of carbonyl (C=O) groups excluding carboxylic acids is 3. The molecule has 5 rings (SSSR count). The number of carbonyl (C=O) groups is 3. The Balaban J connectivity index is 1.30. The zero-order valence-electron chi connectivity index (χ0n) is 20.8. The van der Waals surface area contributed by atoms with Crippen molar-refractivity contribution in [3.05, 3.63) is 76.9 Å². The summed E-state index contributed by atoms with van der Waals surface area (Å²) >= 11 is 0. The number of benzene rings is 2. The first kappa shape index (κ1) is 19.8. The molecule has 8 heteroatoms. The van der Waals surface area contributed by atoms with Crippen LogP contribution in [0, 0.1) is 0 Å². The fourth-order valence-electron chi connectivity index (χ4n) is 4.48. The number of rotatable bonds is 6. The lowest BCUT2D eigenvalue weighted by Crippen LogP contribution is -2.49. The minimum Gasteiger partial charge on any atom is -0.489 e. The quantitative estimate of drug-likeness (QED) is 0.711. The molecule has 0 saturated carbocycles. The van der Waals surface area contributed by atoms with Gasteiger partial charge < -0.3 is 24.6 Å². The zero-order chi connectivity index (χ0) is 25.4. The predicted octanol–water partition coefficient (Wildman–Crippen LogP) is 2.37. The Morgan fingerprint density at radius 2 is 2.00 bits per heavy atom. The van der Waals surface area contributed by atoms with E-state index in [4.69, 9.17) is 12.2 Å². The highest BCUT2D eigenvalue weighted by atomic mass is 16.5. The molecule has 2 fully saturated rings. The Hall–Kier alpha value is -3.65. The monoisotopic (exact) mass is 463 g/mol. The molecule has 1 N–H and O–H groups in total. The highest BCUT2D eigenvalue weighted by Crippen LogP contribution is 2.34. The van der Waals surface area contributed by atoms with E-state index in [1.165, 1.54) is 0 Å². The summed E-state index contributed by atoms with van der Waals surface area (Å²) in [4.78, 5) is 40.7. The normalized spacial score (nSPS) is 21.2. The first-order chi connectivity index (χ1) is 17.3. The van der Waals surface area contributed by atoms with Crippen molar-refractivity contribution in [2.45, 2.75) is 38.6 Å². The van der Waals surface area contributed by atoms with Crippen LogP contribution in [0.1, 0.15) is 42.6 Å². The van der Waals surface area contributed by atoms with E-state index in [0.717, 1.165) is 0 Å². The van der Waals surface area contributed by atoms with Crippen LogP contribution < -0.4 is 10.1 Å². The van der Waals surface area contributed by atoms with E-state index in [1.807, 2.05) is 0 Å². The van der Waals surface area contributed by atoms with Gasteiger partial charge in [-0.25, -0.2) is 0 Å². The Morgan fingerprint density at radius 3 is 2.76 bits per heavy atom. The molecule has 176 valence electrons. The third kappa shape index (κ3) is 4.41. The topological polar surface area (TPSA) is 88.2 Å². The number of piperidine rings is 1. The number of fused-ring (bicyclic) bond motifs is 1. The summed E-state index contributed by atoms with van der Waals surface area (Å²) in [5.74, 6) is -0.0615. The van der Waals surface area contributed by atoms with Gasteiger partial charge in [0.05, 0.1) is 15.9 Å². The van der Waals surface area contributed by atoms with Crippen LogP contribution in [0.3, 0.4) is 0 Å². The molecule has 0 aromatic heterocycles. The minimum atomic E-state index is -0.561. The maximum absolute atomic E-state index is 13.1. The average Bonchev–Trinajstić information content (AvgIpc) is 3.17. The van der Waals surface area contributed by atoms with Crippen molar-refractivity contribution in [2.24, 2.45) is 0 Å². The number of nitrogens with zero attached hydrogens (tertiary/aromatic N) is 2. The molecule has 3 aliphatic heterocycles. The van der Waals surface area contributed by atoms with Crippen LogP contribution in [-0.4, -0.2) is 53.3 Å². The lowest BCUT2D eigenvalue weighted by Gasteiger charge is -2.31. The van der Waals surface area contributed by atoms with Crippen LogP contribution in [0.15, 0.2) is 54.7 Å². The number of morpholine rings is 1. The number of hydrogen-bond donors (Lipinski definition) is 1.